The van der Waals surface area contributed by atoms with Crippen molar-refractivity contribution in [1.82, 2.24) is 0 Å². The van der Waals surface area contributed by atoms with E-state index in [-0.39, 0.29) is 0 Å². The topological polar surface area (TPSA) is 64.2 Å². The van der Waals surface area contributed by atoms with Crippen molar-refractivity contribution in [1.29, 1.82) is 0 Å². The van der Waals surface area contributed by atoms with E-state index in [0.717, 1.165) is 0 Å². The second-order valence-corrected chi connectivity index (χ2v) is 2.22. The molecule has 0 aliphatic carbocycles. The predicted octanol–water partition coefficient (Wildman–Crippen LogP) is -1.42. The Morgan fingerprint density at radius 3 is 1.91 bits per heavy atom. The molecule has 2 N–H and O–H groups in total. The summed E-state index contributed by atoms with van der Waals surface area (Å²) in [7, 11) is 0. The third-order valence-corrected chi connectivity index (χ3v) is 1.55. The molecule has 2 rings (SSSR count). The molecule has 0 amide bonds. The number of quaternary nitrogens is 2. The maximum absolute atomic E-state index is 10.8. The molecule has 0 saturated carbocycles. The van der Waals surface area contributed by atoms with Crippen LogP contribution in [0.3, 0.4) is 0 Å². The first kappa shape index (κ1) is 6.71. The zero-order chi connectivity index (χ0) is 7.84. The molecule has 5 nitrogen and oxygen atoms in total. The molecule has 1 aromatic carbocycles. The summed E-state index contributed by atoms with van der Waals surface area (Å²) in [5.41, 5.74) is 0.718. The lowest BCUT2D eigenvalue weighted by molar-refractivity contribution is -1.24. The Labute approximate surface area is 62.5 Å². The molecule has 0 spiro atoms. The van der Waals surface area contributed by atoms with E-state index in [1.165, 1.54) is 0 Å². The van der Waals surface area contributed by atoms with E-state index < -0.39 is 10.5 Å². The molecular weight excluding hydrogens is 148 g/mol. The predicted molar refractivity (Wildman–Crippen MR) is 35.5 cm³/mol. The first-order chi connectivity index (χ1) is 5.29. The molecule has 58 valence electrons. The van der Waals surface area contributed by atoms with Gasteiger partial charge < -0.3 is 10.4 Å². The van der Waals surface area contributed by atoms with E-state index in [1.54, 1.807) is 24.3 Å². The molecule has 0 radical (unpaired) electrons. The van der Waals surface area contributed by atoms with E-state index >= 15 is 0 Å². The molecule has 1 aliphatic heterocycles. The number of hydrogen-bond acceptors (Lipinski definition) is 3. The van der Waals surface area contributed by atoms with Crippen LogP contribution < -0.4 is 10.5 Å². The fourth-order valence-electron chi connectivity index (χ4n) is 1.03. The Hall–Kier alpha value is -0.980. The summed E-state index contributed by atoms with van der Waals surface area (Å²) in [6.45, 7) is 0. The van der Waals surface area contributed by atoms with Gasteiger partial charge in [-0.25, -0.2) is 0 Å². The minimum atomic E-state index is -0.550. The second kappa shape index (κ2) is 2.26. The minimum Gasteiger partial charge on any atom is -0.590 e. The fourth-order valence-corrected chi connectivity index (χ4v) is 1.03. The molecule has 2 unspecified atom stereocenters. The van der Waals surface area contributed by atoms with Crippen LogP contribution in [0.25, 0.3) is 0 Å². The summed E-state index contributed by atoms with van der Waals surface area (Å²) in [5, 5.41) is 20.6. The van der Waals surface area contributed by atoms with Crippen molar-refractivity contribution in [2.75, 3.05) is 0 Å². The molecule has 1 aliphatic rings. The molecule has 0 aromatic heterocycles. The van der Waals surface area contributed by atoms with Crippen LogP contribution in [0.5, 0.6) is 0 Å². The van der Waals surface area contributed by atoms with Crippen LogP contribution >= 0.6 is 0 Å². The fraction of sp³-hybridized carbons (Fsp3) is 0. The first-order valence-electron chi connectivity index (χ1n) is 3.14. The minimum absolute atomic E-state index is 0.359. The molecule has 0 fully saturated rings. The Balaban J connectivity index is 2.52. The Bertz CT molecular complexity index is 251. The summed E-state index contributed by atoms with van der Waals surface area (Å²) < 4.78 is 0. The summed E-state index contributed by atoms with van der Waals surface area (Å²) in [6, 6.07) is 6.53. The number of nitrogens with one attached hydrogen (secondary N) is 2. The standard InChI is InChI=1S/C6H6N2O3/c9-7-5-3-1-2-4-6(5)8(10)11-7/h1-4,7-8H. The lowest BCUT2D eigenvalue weighted by Crippen LogP contribution is -3.15. The molecule has 0 saturated heterocycles. The number of fused-ring (bicyclic) bond motifs is 1. The van der Waals surface area contributed by atoms with Crippen LogP contribution in [0.15, 0.2) is 24.3 Å². The lowest BCUT2D eigenvalue weighted by Gasteiger charge is -2.10. The Kier molecular flexibility index (Phi) is 1.38. The van der Waals surface area contributed by atoms with Gasteiger partial charge >= 0.3 is 0 Å². The average molecular weight is 154 g/mol. The maximum Gasteiger partial charge on any atom is 0.233 e. The van der Waals surface area contributed by atoms with Gasteiger partial charge in [0.15, 0.2) is 0 Å². The highest BCUT2D eigenvalue weighted by atomic mass is 17.1. The lowest BCUT2D eigenvalue weighted by atomic mass is 10.3. The van der Waals surface area contributed by atoms with Crippen molar-refractivity contribution in [3.8, 4) is 0 Å². The van der Waals surface area contributed by atoms with Crippen molar-refractivity contribution in [3.63, 3.8) is 0 Å². The molecular formula is C6H6N2O3. The largest absolute Gasteiger partial charge is 0.590 e. The number of hydrogen-bond donors (Lipinski definition) is 2. The van der Waals surface area contributed by atoms with Crippen molar-refractivity contribution >= 4 is 11.4 Å². The second-order valence-electron chi connectivity index (χ2n) is 2.22. The van der Waals surface area contributed by atoms with Gasteiger partial charge in [-0.15, -0.1) is 10.5 Å². The van der Waals surface area contributed by atoms with Crippen LogP contribution in [-0.4, -0.2) is 0 Å². The van der Waals surface area contributed by atoms with E-state index in [9.17, 15) is 10.4 Å². The average Bonchev–Trinajstić information content (AvgIpc) is 2.30. The zero-order valence-corrected chi connectivity index (χ0v) is 5.53. The molecule has 1 heterocycles. The smallest absolute Gasteiger partial charge is 0.233 e. The summed E-state index contributed by atoms with van der Waals surface area (Å²) in [6.07, 6.45) is 0. The molecule has 1 aromatic rings. The highest BCUT2D eigenvalue weighted by molar-refractivity contribution is 5.51. The van der Waals surface area contributed by atoms with E-state index in [1.807, 2.05) is 0 Å². The highest BCUT2D eigenvalue weighted by Gasteiger charge is 2.28. The van der Waals surface area contributed by atoms with E-state index in [0.29, 0.717) is 11.4 Å². The van der Waals surface area contributed by atoms with Gasteiger partial charge in [0.05, 0.1) is 0 Å². The van der Waals surface area contributed by atoms with Crippen LogP contribution in [0.2, 0.25) is 0 Å². The summed E-state index contributed by atoms with van der Waals surface area (Å²) in [5.74, 6) is 0. The van der Waals surface area contributed by atoms with Crippen LogP contribution in [0, 0.1) is 10.4 Å². The summed E-state index contributed by atoms with van der Waals surface area (Å²) >= 11 is 0. The third-order valence-electron chi connectivity index (χ3n) is 1.55. The van der Waals surface area contributed by atoms with Gasteiger partial charge in [-0.2, -0.15) is 0 Å². The normalized spacial score (nSPS) is 28.5. The van der Waals surface area contributed by atoms with Gasteiger partial charge in [-0.3, -0.25) is 0 Å². The molecule has 0 bridgehead atoms. The Morgan fingerprint density at radius 1 is 1.00 bits per heavy atom. The van der Waals surface area contributed by atoms with Gasteiger partial charge in [0.25, 0.3) is 0 Å². The molecule has 5 heteroatoms. The van der Waals surface area contributed by atoms with Gasteiger partial charge in [-0.1, -0.05) is 12.1 Å². The quantitative estimate of drug-likeness (QED) is 0.450. The summed E-state index contributed by atoms with van der Waals surface area (Å²) in [4.78, 5) is 4.35. The highest BCUT2D eigenvalue weighted by Crippen LogP contribution is 2.13. The SMILES string of the molecule is [O-][NH+]1O[NH+]([O-])c2ccccc21. The molecule has 2 atom stereocenters. The van der Waals surface area contributed by atoms with Gasteiger partial charge in [0.1, 0.15) is 0 Å². The Morgan fingerprint density at radius 2 is 1.45 bits per heavy atom. The van der Waals surface area contributed by atoms with Crippen molar-refractivity contribution < 1.29 is 15.4 Å². The van der Waals surface area contributed by atoms with Gasteiger partial charge in [0, 0.05) is 17.1 Å². The number of rotatable bonds is 0. The zero-order valence-electron chi connectivity index (χ0n) is 5.53. The van der Waals surface area contributed by atoms with Gasteiger partial charge in [0.2, 0.25) is 11.4 Å². The van der Waals surface area contributed by atoms with Crippen LogP contribution in [0.4, 0.5) is 11.4 Å². The maximum atomic E-state index is 10.8. The first-order valence-corrected chi connectivity index (χ1v) is 3.14. The van der Waals surface area contributed by atoms with Gasteiger partial charge in [-0.05, 0) is 0 Å². The van der Waals surface area contributed by atoms with Crippen molar-refractivity contribution in [3.05, 3.63) is 34.7 Å². The van der Waals surface area contributed by atoms with E-state index in [4.69, 9.17) is 0 Å². The number of benzene rings is 1. The van der Waals surface area contributed by atoms with Crippen molar-refractivity contribution in [2.24, 2.45) is 0 Å². The van der Waals surface area contributed by atoms with E-state index in [2.05, 4.69) is 4.94 Å². The third kappa shape index (κ3) is 0.917. The monoisotopic (exact) mass is 154 g/mol. The van der Waals surface area contributed by atoms with Crippen LogP contribution in [0.1, 0.15) is 0 Å². The molecule has 11 heavy (non-hydrogen) atoms. The van der Waals surface area contributed by atoms with Crippen LogP contribution in [-0.2, 0) is 4.94 Å². The van der Waals surface area contributed by atoms with Crippen molar-refractivity contribution in [2.45, 2.75) is 0 Å².